The van der Waals surface area contributed by atoms with Gasteiger partial charge in [-0.3, -0.25) is 4.68 Å². The van der Waals surface area contributed by atoms with Crippen LogP contribution in [0.25, 0.3) is 0 Å². The molecule has 1 heterocycles. The maximum atomic E-state index is 8.93. The van der Waals surface area contributed by atoms with Crippen molar-refractivity contribution < 1.29 is 0 Å². The van der Waals surface area contributed by atoms with Gasteiger partial charge in [-0.15, -0.1) is 0 Å². The van der Waals surface area contributed by atoms with Crippen molar-refractivity contribution in [3.63, 3.8) is 0 Å². The lowest BCUT2D eigenvalue weighted by molar-refractivity contribution is 0.421. The van der Waals surface area contributed by atoms with E-state index in [1.807, 2.05) is 20.8 Å². The number of aryl methyl sites for hydroxylation is 3. The molecule has 4 heteroatoms. The summed E-state index contributed by atoms with van der Waals surface area (Å²) >= 11 is 0. The van der Waals surface area contributed by atoms with Crippen molar-refractivity contribution >= 4 is 0 Å². The molecule has 0 radical (unpaired) electrons. The Balaban J connectivity index is 2.01. The Morgan fingerprint density at radius 2 is 1.95 bits per heavy atom. The second-order valence-corrected chi connectivity index (χ2v) is 6.21. The van der Waals surface area contributed by atoms with E-state index in [9.17, 15) is 0 Å². The van der Waals surface area contributed by atoms with Crippen molar-refractivity contribution in [3.8, 4) is 6.07 Å². The van der Waals surface area contributed by atoms with Crippen LogP contribution in [0.5, 0.6) is 0 Å². The Morgan fingerprint density at radius 3 is 2.55 bits per heavy atom. The van der Waals surface area contributed by atoms with Gasteiger partial charge in [-0.2, -0.15) is 10.4 Å². The molecule has 0 unspecified atom stereocenters. The summed E-state index contributed by atoms with van der Waals surface area (Å²) in [5, 5.41) is 16.8. The SMILES string of the molecule is Cc1cc(C)n(CCCNCCCCC(C)(C)C#N)n1. The smallest absolute Gasteiger partial charge is 0.0683 e. The van der Waals surface area contributed by atoms with Gasteiger partial charge in [0, 0.05) is 12.2 Å². The number of nitriles is 1. The molecule has 1 N–H and O–H groups in total. The number of unbranched alkanes of at least 4 members (excludes halogenated alkanes) is 1. The van der Waals surface area contributed by atoms with Crippen molar-refractivity contribution in [1.82, 2.24) is 15.1 Å². The van der Waals surface area contributed by atoms with E-state index in [0.717, 1.165) is 51.0 Å². The predicted molar refractivity (Wildman–Crippen MR) is 82.4 cm³/mol. The zero-order valence-corrected chi connectivity index (χ0v) is 13.4. The molecule has 1 aromatic heterocycles. The summed E-state index contributed by atoms with van der Waals surface area (Å²) in [6.07, 6.45) is 4.35. The first-order chi connectivity index (χ1) is 9.44. The molecule has 0 spiro atoms. The standard InChI is InChI=1S/C16H28N4/c1-14-12-15(2)20(19-14)11-7-10-18-9-6-5-8-16(3,4)13-17/h12,18H,5-11H2,1-4H3. The quantitative estimate of drug-likeness (QED) is 0.705. The molecule has 0 aliphatic heterocycles. The summed E-state index contributed by atoms with van der Waals surface area (Å²) in [6.45, 7) is 11.2. The lowest BCUT2D eigenvalue weighted by Crippen LogP contribution is -2.19. The van der Waals surface area contributed by atoms with Crippen LogP contribution < -0.4 is 5.32 Å². The van der Waals surface area contributed by atoms with E-state index in [-0.39, 0.29) is 5.41 Å². The van der Waals surface area contributed by atoms with Crippen molar-refractivity contribution in [3.05, 3.63) is 17.5 Å². The Labute approximate surface area is 123 Å². The second kappa shape index (κ2) is 8.06. The molecule has 0 saturated heterocycles. The first-order valence-corrected chi connectivity index (χ1v) is 7.58. The van der Waals surface area contributed by atoms with Crippen molar-refractivity contribution in [1.29, 1.82) is 5.26 Å². The number of rotatable bonds is 9. The molecule has 0 amide bonds. The molecule has 0 atom stereocenters. The Hall–Kier alpha value is -1.34. The van der Waals surface area contributed by atoms with Crippen molar-refractivity contribution in [2.45, 2.75) is 59.9 Å². The minimum atomic E-state index is -0.171. The summed E-state index contributed by atoms with van der Waals surface area (Å²) in [4.78, 5) is 0. The largest absolute Gasteiger partial charge is 0.317 e. The fourth-order valence-electron chi connectivity index (χ4n) is 2.25. The number of aromatic nitrogens is 2. The molecule has 0 aliphatic rings. The molecule has 112 valence electrons. The monoisotopic (exact) mass is 276 g/mol. The molecule has 0 fully saturated rings. The van der Waals surface area contributed by atoms with E-state index in [2.05, 4.69) is 34.2 Å². The van der Waals surface area contributed by atoms with Gasteiger partial charge in [0.05, 0.1) is 17.2 Å². The van der Waals surface area contributed by atoms with Gasteiger partial charge in [0.25, 0.3) is 0 Å². The van der Waals surface area contributed by atoms with Gasteiger partial charge in [-0.05, 0) is 66.1 Å². The molecule has 1 rings (SSSR count). The van der Waals surface area contributed by atoms with Gasteiger partial charge >= 0.3 is 0 Å². The average molecular weight is 276 g/mol. The van der Waals surface area contributed by atoms with E-state index in [1.54, 1.807) is 0 Å². The summed E-state index contributed by atoms with van der Waals surface area (Å²) in [5.41, 5.74) is 2.16. The third-order valence-corrected chi connectivity index (χ3v) is 3.53. The summed E-state index contributed by atoms with van der Waals surface area (Å²) in [7, 11) is 0. The highest BCUT2D eigenvalue weighted by atomic mass is 15.3. The van der Waals surface area contributed by atoms with E-state index in [0.29, 0.717) is 0 Å². The normalized spacial score (nSPS) is 11.6. The molecule has 0 aliphatic carbocycles. The Kier molecular flexibility index (Phi) is 6.74. The van der Waals surface area contributed by atoms with Crippen LogP contribution in [0.15, 0.2) is 6.07 Å². The van der Waals surface area contributed by atoms with Crippen LogP contribution in [0.2, 0.25) is 0 Å². The zero-order chi connectivity index (χ0) is 15.0. The molecular weight excluding hydrogens is 248 g/mol. The topological polar surface area (TPSA) is 53.6 Å². The molecular formula is C16H28N4. The Morgan fingerprint density at radius 1 is 1.25 bits per heavy atom. The van der Waals surface area contributed by atoms with Crippen LogP contribution >= 0.6 is 0 Å². The molecule has 1 aromatic rings. The predicted octanol–water partition coefficient (Wildman–Crippen LogP) is 3.20. The fraction of sp³-hybridized carbons (Fsp3) is 0.750. The fourth-order valence-corrected chi connectivity index (χ4v) is 2.25. The van der Waals surface area contributed by atoms with E-state index < -0.39 is 0 Å². The van der Waals surface area contributed by atoms with Gasteiger partial charge in [-0.1, -0.05) is 6.42 Å². The van der Waals surface area contributed by atoms with E-state index >= 15 is 0 Å². The molecule has 0 bridgehead atoms. The zero-order valence-electron chi connectivity index (χ0n) is 13.4. The van der Waals surface area contributed by atoms with Gasteiger partial charge in [-0.25, -0.2) is 0 Å². The molecule has 0 aromatic carbocycles. The third-order valence-electron chi connectivity index (χ3n) is 3.53. The maximum absolute atomic E-state index is 8.93. The van der Waals surface area contributed by atoms with Crippen LogP contribution in [0.4, 0.5) is 0 Å². The highest BCUT2D eigenvalue weighted by Gasteiger charge is 2.15. The number of nitrogens with one attached hydrogen (secondary N) is 1. The summed E-state index contributed by atoms with van der Waals surface area (Å²) in [5.74, 6) is 0. The summed E-state index contributed by atoms with van der Waals surface area (Å²) < 4.78 is 2.08. The molecule has 4 nitrogen and oxygen atoms in total. The average Bonchev–Trinajstić information content (AvgIpc) is 2.71. The van der Waals surface area contributed by atoms with Gasteiger partial charge < -0.3 is 5.32 Å². The van der Waals surface area contributed by atoms with E-state index in [4.69, 9.17) is 5.26 Å². The van der Waals surface area contributed by atoms with Crippen LogP contribution in [0.1, 0.15) is 50.9 Å². The van der Waals surface area contributed by atoms with Crippen molar-refractivity contribution in [2.75, 3.05) is 13.1 Å². The van der Waals surface area contributed by atoms with Crippen LogP contribution in [-0.2, 0) is 6.54 Å². The lowest BCUT2D eigenvalue weighted by Gasteiger charge is -2.14. The minimum Gasteiger partial charge on any atom is -0.317 e. The number of hydrogen-bond donors (Lipinski definition) is 1. The van der Waals surface area contributed by atoms with Crippen molar-refractivity contribution in [2.24, 2.45) is 5.41 Å². The maximum Gasteiger partial charge on any atom is 0.0683 e. The highest BCUT2D eigenvalue weighted by Crippen LogP contribution is 2.21. The molecule has 0 saturated carbocycles. The van der Waals surface area contributed by atoms with E-state index in [1.165, 1.54) is 5.69 Å². The third kappa shape index (κ3) is 6.21. The minimum absolute atomic E-state index is 0.171. The van der Waals surface area contributed by atoms with Crippen LogP contribution in [0.3, 0.4) is 0 Å². The molecule has 20 heavy (non-hydrogen) atoms. The van der Waals surface area contributed by atoms with Crippen LogP contribution in [0, 0.1) is 30.6 Å². The number of hydrogen-bond acceptors (Lipinski definition) is 3. The first-order valence-electron chi connectivity index (χ1n) is 7.58. The lowest BCUT2D eigenvalue weighted by atomic mass is 9.89. The van der Waals surface area contributed by atoms with Gasteiger partial charge in [0.15, 0.2) is 0 Å². The Bertz CT molecular complexity index is 440. The second-order valence-electron chi connectivity index (χ2n) is 6.21. The highest BCUT2D eigenvalue weighted by molar-refractivity contribution is 5.06. The summed E-state index contributed by atoms with van der Waals surface area (Å²) in [6, 6.07) is 4.46. The van der Waals surface area contributed by atoms with Gasteiger partial charge in [0.1, 0.15) is 0 Å². The first kappa shape index (κ1) is 16.7. The van der Waals surface area contributed by atoms with Crippen LogP contribution in [-0.4, -0.2) is 22.9 Å². The van der Waals surface area contributed by atoms with Gasteiger partial charge in [0.2, 0.25) is 0 Å². The number of nitrogens with zero attached hydrogens (tertiary/aromatic N) is 3.